The highest BCUT2D eigenvalue weighted by Gasteiger charge is 2.53. The number of aromatic amines is 1. The number of hydrogen-bond acceptors (Lipinski definition) is 3. The molecule has 6 heteroatoms. The van der Waals surface area contributed by atoms with E-state index in [-0.39, 0.29) is 29.0 Å². The minimum atomic E-state index is -0.759. The van der Waals surface area contributed by atoms with Gasteiger partial charge >= 0.3 is 0 Å². The molecule has 1 aromatic heterocycles. The van der Waals surface area contributed by atoms with E-state index < -0.39 is 5.54 Å². The largest absolute Gasteiger partial charge is 0.338 e. The molecule has 0 bridgehead atoms. The quantitative estimate of drug-likeness (QED) is 0.878. The lowest BCUT2D eigenvalue weighted by Crippen LogP contribution is -2.62. The minimum Gasteiger partial charge on any atom is -0.338 e. The molecule has 2 aliphatic heterocycles. The molecule has 0 saturated carbocycles. The highest BCUT2D eigenvalue weighted by atomic mass is 16.2. The Hall–Kier alpha value is -2.11. The van der Waals surface area contributed by atoms with E-state index in [4.69, 9.17) is 0 Å². The van der Waals surface area contributed by atoms with Gasteiger partial charge in [0, 0.05) is 24.8 Å². The van der Waals surface area contributed by atoms with Crippen molar-refractivity contribution in [3.63, 3.8) is 0 Å². The molecule has 1 spiro atoms. The van der Waals surface area contributed by atoms with Crippen LogP contribution in [0.15, 0.2) is 10.9 Å². The van der Waals surface area contributed by atoms with Crippen LogP contribution in [0.2, 0.25) is 0 Å². The lowest BCUT2D eigenvalue weighted by molar-refractivity contribution is -0.147. The normalized spacial score (nSPS) is 25.4. The molecule has 1 unspecified atom stereocenters. The number of likely N-dealkylation sites (tertiary alicyclic amines) is 2. The van der Waals surface area contributed by atoms with E-state index in [0.717, 1.165) is 49.9 Å². The molecule has 4 rings (SSSR count). The zero-order valence-electron chi connectivity index (χ0n) is 15.6. The molecule has 2 amide bonds. The van der Waals surface area contributed by atoms with Gasteiger partial charge in [-0.3, -0.25) is 14.4 Å². The van der Waals surface area contributed by atoms with Gasteiger partial charge in [-0.2, -0.15) is 0 Å². The number of aromatic nitrogens is 1. The molecule has 26 heavy (non-hydrogen) atoms. The molecule has 2 fully saturated rings. The van der Waals surface area contributed by atoms with Gasteiger partial charge in [-0.05, 0) is 70.4 Å². The topological polar surface area (TPSA) is 73.5 Å². The number of aryl methyl sites for hydroxylation is 2. The Labute approximate surface area is 153 Å². The molecule has 3 heterocycles. The van der Waals surface area contributed by atoms with Crippen LogP contribution in [0.25, 0.3) is 0 Å². The van der Waals surface area contributed by atoms with Crippen LogP contribution in [-0.2, 0) is 17.6 Å². The van der Waals surface area contributed by atoms with Crippen LogP contribution in [0.3, 0.4) is 0 Å². The fourth-order valence-corrected chi connectivity index (χ4v) is 4.98. The maximum atomic E-state index is 13.3. The van der Waals surface area contributed by atoms with Gasteiger partial charge in [-0.1, -0.05) is 0 Å². The third-order valence-electron chi connectivity index (χ3n) is 6.32. The van der Waals surface area contributed by atoms with Gasteiger partial charge in [0.05, 0.1) is 0 Å². The first-order valence-electron chi connectivity index (χ1n) is 9.82. The maximum Gasteiger partial charge on any atom is 0.261 e. The van der Waals surface area contributed by atoms with Crippen LogP contribution < -0.4 is 5.56 Å². The average Bonchev–Trinajstić information content (AvgIpc) is 3.22. The minimum absolute atomic E-state index is 0.0576. The molecule has 3 aliphatic rings. The average molecular weight is 357 g/mol. The second kappa shape index (κ2) is 6.25. The number of carbonyl (C=O) groups excluding carboxylic acids is 2. The first-order chi connectivity index (χ1) is 12.4. The van der Waals surface area contributed by atoms with E-state index >= 15 is 0 Å². The molecule has 1 atom stereocenters. The van der Waals surface area contributed by atoms with Gasteiger partial charge in [0.1, 0.15) is 11.1 Å². The summed E-state index contributed by atoms with van der Waals surface area (Å²) in [6, 6.07) is 1.89. The lowest BCUT2D eigenvalue weighted by atomic mass is 9.84. The summed E-state index contributed by atoms with van der Waals surface area (Å²) in [6.45, 7) is 5.33. The second-order valence-corrected chi connectivity index (χ2v) is 8.16. The number of rotatable bonds is 2. The van der Waals surface area contributed by atoms with E-state index in [1.807, 2.05) is 18.7 Å². The number of nitrogens with zero attached hydrogens (tertiary/aromatic N) is 2. The molecule has 140 valence electrons. The van der Waals surface area contributed by atoms with Crippen LogP contribution in [0.4, 0.5) is 0 Å². The number of pyridine rings is 1. The van der Waals surface area contributed by atoms with E-state index in [1.165, 1.54) is 0 Å². The number of amides is 2. The number of fused-ring (bicyclic) bond motifs is 1. The first-order valence-corrected chi connectivity index (χ1v) is 9.82. The monoisotopic (exact) mass is 357 g/mol. The number of H-pyrrole nitrogens is 1. The molecule has 0 aromatic carbocycles. The summed E-state index contributed by atoms with van der Waals surface area (Å²) in [4.78, 5) is 45.5. The van der Waals surface area contributed by atoms with E-state index in [9.17, 15) is 14.4 Å². The zero-order chi connectivity index (χ0) is 18.5. The summed E-state index contributed by atoms with van der Waals surface area (Å²) >= 11 is 0. The number of nitrogens with one attached hydrogen (secondary N) is 1. The smallest absolute Gasteiger partial charge is 0.261 e. The summed E-state index contributed by atoms with van der Waals surface area (Å²) in [7, 11) is 0. The predicted octanol–water partition coefficient (Wildman–Crippen LogP) is 1.87. The molecule has 0 radical (unpaired) electrons. The first kappa shape index (κ1) is 17.3. The SMILES string of the molecule is CC(C)N1CCCC2(CCCN2C(=O)c2cc3c([nH]c2=O)CCC3)C1=O. The van der Waals surface area contributed by atoms with Gasteiger partial charge in [0.25, 0.3) is 11.5 Å². The Kier molecular flexibility index (Phi) is 4.16. The molecule has 2 saturated heterocycles. The Morgan fingerprint density at radius 2 is 1.85 bits per heavy atom. The van der Waals surface area contributed by atoms with Gasteiger partial charge in [0.2, 0.25) is 5.91 Å². The Morgan fingerprint density at radius 3 is 2.58 bits per heavy atom. The number of piperidine rings is 1. The Bertz CT molecular complexity index is 813. The van der Waals surface area contributed by atoms with Gasteiger partial charge in [0.15, 0.2) is 0 Å². The second-order valence-electron chi connectivity index (χ2n) is 8.16. The summed E-state index contributed by atoms with van der Waals surface area (Å²) in [6.07, 6.45) is 5.89. The van der Waals surface area contributed by atoms with Crippen LogP contribution in [0.1, 0.15) is 67.6 Å². The van der Waals surface area contributed by atoms with Crippen molar-refractivity contribution in [3.05, 3.63) is 33.2 Å². The highest BCUT2D eigenvalue weighted by molar-refractivity contribution is 6.00. The Morgan fingerprint density at radius 1 is 1.12 bits per heavy atom. The zero-order valence-corrected chi connectivity index (χ0v) is 15.6. The third-order valence-corrected chi connectivity index (χ3v) is 6.32. The summed E-state index contributed by atoms with van der Waals surface area (Å²) < 4.78 is 0. The standard InChI is InChI=1S/C20H27N3O3/c1-13(2)22-10-4-8-20(19(22)26)9-5-11-23(20)18(25)15-12-14-6-3-7-16(14)21-17(15)24/h12-13H,3-11H2,1-2H3,(H,21,24). The van der Waals surface area contributed by atoms with E-state index in [2.05, 4.69) is 4.98 Å². The van der Waals surface area contributed by atoms with Crippen molar-refractivity contribution < 1.29 is 9.59 Å². The fourth-order valence-electron chi connectivity index (χ4n) is 4.98. The van der Waals surface area contributed by atoms with Crippen molar-refractivity contribution in [1.29, 1.82) is 0 Å². The van der Waals surface area contributed by atoms with Crippen LogP contribution in [-0.4, -0.2) is 51.3 Å². The maximum absolute atomic E-state index is 13.3. The van der Waals surface area contributed by atoms with Gasteiger partial charge in [-0.15, -0.1) is 0 Å². The van der Waals surface area contributed by atoms with Crippen LogP contribution >= 0.6 is 0 Å². The molecular weight excluding hydrogens is 330 g/mol. The molecule has 1 N–H and O–H groups in total. The summed E-state index contributed by atoms with van der Waals surface area (Å²) in [5, 5.41) is 0. The van der Waals surface area contributed by atoms with Crippen LogP contribution in [0, 0.1) is 0 Å². The molecule has 1 aliphatic carbocycles. The third kappa shape index (κ3) is 2.49. The predicted molar refractivity (Wildman–Crippen MR) is 98.2 cm³/mol. The van der Waals surface area contributed by atoms with Crippen molar-refractivity contribution in [2.24, 2.45) is 0 Å². The van der Waals surface area contributed by atoms with Crippen molar-refractivity contribution >= 4 is 11.8 Å². The summed E-state index contributed by atoms with van der Waals surface area (Å²) in [5.41, 5.74) is 1.15. The Balaban J connectivity index is 1.70. The lowest BCUT2D eigenvalue weighted by Gasteiger charge is -2.46. The van der Waals surface area contributed by atoms with Crippen molar-refractivity contribution in [2.45, 2.75) is 70.4 Å². The fraction of sp³-hybridized carbons (Fsp3) is 0.650. The van der Waals surface area contributed by atoms with Crippen molar-refractivity contribution in [2.75, 3.05) is 13.1 Å². The van der Waals surface area contributed by atoms with Gasteiger partial charge in [-0.25, -0.2) is 0 Å². The van der Waals surface area contributed by atoms with E-state index in [1.54, 1.807) is 11.0 Å². The van der Waals surface area contributed by atoms with Crippen molar-refractivity contribution in [3.8, 4) is 0 Å². The number of carbonyl (C=O) groups is 2. The molecule has 6 nitrogen and oxygen atoms in total. The highest BCUT2D eigenvalue weighted by Crippen LogP contribution is 2.39. The van der Waals surface area contributed by atoms with Crippen molar-refractivity contribution in [1.82, 2.24) is 14.8 Å². The molecule has 1 aromatic rings. The summed E-state index contributed by atoms with van der Waals surface area (Å²) in [5.74, 6) is -0.223. The van der Waals surface area contributed by atoms with Gasteiger partial charge < -0.3 is 14.8 Å². The van der Waals surface area contributed by atoms with Crippen LogP contribution in [0.5, 0.6) is 0 Å². The van der Waals surface area contributed by atoms with E-state index in [0.29, 0.717) is 19.4 Å². The molecular formula is C20H27N3O3. The number of hydrogen-bond donors (Lipinski definition) is 1.